The Labute approximate surface area is 209 Å². The molecule has 1 saturated carbocycles. The van der Waals surface area contributed by atoms with Gasteiger partial charge in [0.1, 0.15) is 11.9 Å². The van der Waals surface area contributed by atoms with Gasteiger partial charge in [0.15, 0.2) is 0 Å². The van der Waals surface area contributed by atoms with E-state index >= 15 is 0 Å². The molecule has 0 radical (unpaired) electrons. The zero-order valence-electron chi connectivity index (χ0n) is 20.4. The molecule has 6 rings (SSSR count). The molecule has 188 valence electrons. The molecule has 9 nitrogen and oxygen atoms in total. The molecular formula is C27H30N4O5. The van der Waals surface area contributed by atoms with E-state index in [0.717, 1.165) is 48.7 Å². The van der Waals surface area contributed by atoms with Crippen LogP contribution < -0.4 is 9.47 Å². The highest BCUT2D eigenvalue weighted by Gasteiger charge is 2.42. The number of aromatic nitrogens is 1. The highest BCUT2D eigenvalue weighted by Crippen LogP contribution is 2.37. The highest BCUT2D eigenvalue weighted by molar-refractivity contribution is 6.04. The van der Waals surface area contributed by atoms with E-state index in [1.54, 1.807) is 13.2 Å². The van der Waals surface area contributed by atoms with Gasteiger partial charge < -0.3 is 9.47 Å². The van der Waals surface area contributed by atoms with E-state index in [-0.39, 0.29) is 43.2 Å². The second-order valence-electron chi connectivity index (χ2n) is 10.1. The maximum Gasteiger partial charge on any atom is 0.273 e. The molecule has 0 bridgehead atoms. The van der Waals surface area contributed by atoms with Crippen molar-refractivity contribution in [2.45, 2.75) is 63.1 Å². The molecule has 4 heterocycles. The Balaban J connectivity index is 1.10. The van der Waals surface area contributed by atoms with Crippen molar-refractivity contribution in [3.05, 3.63) is 53.2 Å². The van der Waals surface area contributed by atoms with Crippen molar-refractivity contribution in [1.82, 2.24) is 19.9 Å². The topological polar surface area (TPSA) is 92.3 Å². The van der Waals surface area contributed by atoms with Gasteiger partial charge in [0.25, 0.3) is 5.91 Å². The van der Waals surface area contributed by atoms with Gasteiger partial charge in [-0.15, -0.1) is 0 Å². The monoisotopic (exact) mass is 490 g/mol. The van der Waals surface area contributed by atoms with Crippen molar-refractivity contribution in [2.24, 2.45) is 0 Å². The predicted molar refractivity (Wildman–Crippen MR) is 129 cm³/mol. The molecule has 0 spiro atoms. The minimum absolute atomic E-state index is 0.0939. The molecule has 3 amide bonds. The van der Waals surface area contributed by atoms with Gasteiger partial charge in [-0.3, -0.25) is 19.3 Å². The molecule has 3 fully saturated rings. The lowest BCUT2D eigenvalue weighted by Crippen LogP contribution is -2.54. The summed E-state index contributed by atoms with van der Waals surface area (Å²) in [5, 5.41) is 2.32. The predicted octanol–water partition coefficient (Wildman–Crippen LogP) is 2.90. The van der Waals surface area contributed by atoms with Gasteiger partial charge in [-0.25, -0.2) is 9.99 Å². The number of carbonyl (C=O) groups excluding carboxylic acids is 3. The first kappa shape index (κ1) is 23.0. The number of amides is 3. The van der Waals surface area contributed by atoms with E-state index in [4.69, 9.17) is 9.47 Å². The first-order valence-electron chi connectivity index (χ1n) is 12.7. The molecule has 2 aromatic rings. The van der Waals surface area contributed by atoms with Gasteiger partial charge >= 0.3 is 0 Å². The molecule has 3 aliphatic heterocycles. The SMILES string of the molecule is COc1ccc(C2CN([C@@H]3CCC[C@H]3Oc3ccc4c(c3)CN(N3C(=O)CCCC3=O)C4=O)C2)cn1. The number of rotatable bonds is 6. The van der Waals surface area contributed by atoms with Crippen LogP contribution in [-0.4, -0.2) is 70.0 Å². The van der Waals surface area contributed by atoms with Crippen LogP contribution in [0.5, 0.6) is 11.6 Å². The summed E-state index contributed by atoms with van der Waals surface area (Å²) in [6.45, 7) is 2.19. The first-order valence-corrected chi connectivity index (χ1v) is 12.7. The number of methoxy groups -OCH3 is 1. The summed E-state index contributed by atoms with van der Waals surface area (Å²) in [5.41, 5.74) is 2.55. The largest absolute Gasteiger partial charge is 0.489 e. The van der Waals surface area contributed by atoms with Crippen molar-refractivity contribution in [2.75, 3.05) is 20.2 Å². The smallest absolute Gasteiger partial charge is 0.273 e. The third-order valence-corrected chi connectivity index (χ3v) is 7.88. The molecule has 2 saturated heterocycles. The van der Waals surface area contributed by atoms with Gasteiger partial charge in [0.2, 0.25) is 17.7 Å². The third kappa shape index (κ3) is 4.01. The van der Waals surface area contributed by atoms with Crippen LogP contribution in [0.15, 0.2) is 36.5 Å². The molecule has 0 unspecified atom stereocenters. The van der Waals surface area contributed by atoms with Crippen LogP contribution in [0.25, 0.3) is 0 Å². The molecule has 1 aromatic carbocycles. The number of hydrogen-bond acceptors (Lipinski definition) is 7. The normalized spacial score (nSPS) is 24.8. The van der Waals surface area contributed by atoms with Crippen molar-refractivity contribution in [3.8, 4) is 11.6 Å². The van der Waals surface area contributed by atoms with Gasteiger partial charge in [-0.2, -0.15) is 5.01 Å². The van der Waals surface area contributed by atoms with Gasteiger partial charge in [-0.1, -0.05) is 6.07 Å². The molecule has 1 aromatic heterocycles. The Morgan fingerprint density at radius 2 is 1.78 bits per heavy atom. The molecule has 36 heavy (non-hydrogen) atoms. The highest BCUT2D eigenvalue weighted by atomic mass is 16.5. The van der Waals surface area contributed by atoms with Crippen molar-refractivity contribution >= 4 is 17.7 Å². The second kappa shape index (κ2) is 9.20. The lowest BCUT2D eigenvalue weighted by Gasteiger charge is -2.45. The molecule has 9 heteroatoms. The van der Waals surface area contributed by atoms with Crippen LogP contribution >= 0.6 is 0 Å². The van der Waals surface area contributed by atoms with E-state index < -0.39 is 0 Å². The van der Waals surface area contributed by atoms with Gasteiger partial charge in [0, 0.05) is 55.7 Å². The summed E-state index contributed by atoms with van der Waals surface area (Å²) in [6, 6.07) is 9.85. The Morgan fingerprint density at radius 3 is 2.50 bits per heavy atom. The Morgan fingerprint density at radius 1 is 0.972 bits per heavy atom. The van der Waals surface area contributed by atoms with E-state index in [9.17, 15) is 14.4 Å². The van der Waals surface area contributed by atoms with Crippen LogP contribution in [0, 0.1) is 0 Å². The summed E-state index contributed by atoms with van der Waals surface area (Å²) in [5.74, 6) is 0.910. The van der Waals surface area contributed by atoms with Crippen LogP contribution in [0.3, 0.4) is 0 Å². The molecule has 4 aliphatic rings. The number of piperidine rings is 1. The fourth-order valence-electron chi connectivity index (χ4n) is 5.91. The Kier molecular flexibility index (Phi) is 5.87. The van der Waals surface area contributed by atoms with E-state index in [2.05, 4.69) is 16.0 Å². The minimum Gasteiger partial charge on any atom is -0.489 e. The molecule has 1 aliphatic carbocycles. The summed E-state index contributed by atoms with van der Waals surface area (Å²) in [4.78, 5) is 44.4. The Hall–Kier alpha value is -3.46. The molecule has 2 atom stereocenters. The number of benzene rings is 1. The van der Waals surface area contributed by atoms with Crippen molar-refractivity contribution in [3.63, 3.8) is 0 Å². The number of imide groups is 1. The first-order chi connectivity index (χ1) is 17.5. The number of nitrogens with zero attached hydrogens (tertiary/aromatic N) is 4. The van der Waals surface area contributed by atoms with E-state index in [0.29, 0.717) is 29.8 Å². The average molecular weight is 491 g/mol. The quantitative estimate of drug-likeness (QED) is 0.575. The summed E-state index contributed by atoms with van der Waals surface area (Å²) in [7, 11) is 1.62. The van der Waals surface area contributed by atoms with Crippen molar-refractivity contribution < 1.29 is 23.9 Å². The Bertz CT molecular complexity index is 1180. The fourth-order valence-corrected chi connectivity index (χ4v) is 5.91. The number of carbonyl (C=O) groups is 3. The number of hydrogen-bond donors (Lipinski definition) is 0. The van der Waals surface area contributed by atoms with Crippen LogP contribution in [-0.2, 0) is 16.1 Å². The maximum absolute atomic E-state index is 12.9. The van der Waals surface area contributed by atoms with E-state index in [1.807, 2.05) is 24.4 Å². The fraction of sp³-hybridized carbons (Fsp3) is 0.481. The zero-order valence-corrected chi connectivity index (χ0v) is 20.4. The third-order valence-electron chi connectivity index (χ3n) is 7.88. The standard InChI is InChI=1S/C27H30N4O5/c1-35-24-11-8-17(13-28-24)19-14-29(15-19)22-4-2-5-23(22)36-20-9-10-21-18(12-20)16-30(27(21)34)31-25(32)6-3-7-26(31)33/h8-13,19,22-23H,2-7,14-16H2,1H3/t22-,23-/m1/s1. The summed E-state index contributed by atoms with van der Waals surface area (Å²) in [6.07, 6.45) is 6.34. The molecular weight excluding hydrogens is 460 g/mol. The molecule has 0 N–H and O–H groups in total. The van der Waals surface area contributed by atoms with Gasteiger partial charge in [0.05, 0.1) is 13.7 Å². The van der Waals surface area contributed by atoms with E-state index in [1.165, 1.54) is 10.6 Å². The number of likely N-dealkylation sites (tertiary alicyclic amines) is 1. The van der Waals surface area contributed by atoms with Crippen LogP contribution in [0.4, 0.5) is 0 Å². The van der Waals surface area contributed by atoms with Crippen molar-refractivity contribution in [1.29, 1.82) is 0 Å². The lowest BCUT2D eigenvalue weighted by atomic mass is 9.90. The number of ether oxygens (including phenoxy) is 2. The maximum atomic E-state index is 12.9. The minimum atomic E-state index is -0.309. The van der Waals surface area contributed by atoms with Gasteiger partial charge in [-0.05, 0) is 55.0 Å². The summed E-state index contributed by atoms with van der Waals surface area (Å²) < 4.78 is 11.6. The second-order valence-corrected chi connectivity index (χ2v) is 10.1. The zero-order chi connectivity index (χ0) is 24.8. The number of fused-ring (bicyclic) bond motifs is 1. The average Bonchev–Trinajstić information content (AvgIpc) is 3.43. The summed E-state index contributed by atoms with van der Waals surface area (Å²) >= 11 is 0. The van der Waals surface area contributed by atoms with Crippen LogP contribution in [0.2, 0.25) is 0 Å². The van der Waals surface area contributed by atoms with Crippen LogP contribution in [0.1, 0.15) is 65.9 Å². The lowest BCUT2D eigenvalue weighted by molar-refractivity contribution is -0.163. The number of pyridine rings is 1. The number of hydrazine groups is 1.